The fourth-order valence-electron chi connectivity index (χ4n) is 3.63. The van der Waals surface area contributed by atoms with E-state index in [1.54, 1.807) is 25.1 Å². The Bertz CT molecular complexity index is 736. The lowest BCUT2D eigenvalue weighted by Crippen LogP contribution is -2.60. The molecule has 1 aromatic carbocycles. The summed E-state index contributed by atoms with van der Waals surface area (Å²) in [5, 5.41) is 84.5. The number of nitrogens with one attached hydrogen (secondary N) is 2. The average Bonchev–Trinajstić information content (AvgIpc) is 2.76. The number of rotatable bonds is 6. The summed E-state index contributed by atoms with van der Waals surface area (Å²) in [6.07, 6.45) is -13.3. The van der Waals surface area contributed by atoms with E-state index >= 15 is 0 Å². The van der Waals surface area contributed by atoms with Gasteiger partial charge in [0.2, 0.25) is 0 Å². The van der Waals surface area contributed by atoms with E-state index in [0.717, 1.165) is 5.56 Å². The van der Waals surface area contributed by atoms with Crippen molar-refractivity contribution in [3.05, 3.63) is 23.8 Å². The van der Waals surface area contributed by atoms with E-state index in [1.165, 1.54) is 0 Å². The summed E-state index contributed by atoms with van der Waals surface area (Å²) in [6.45, 7) is 0.658. The van der Waals surface area contributed by atoms with Crippen LogP contribution in [0, 0.1) is 6.92 Å². The molecule has 10 N–H and O–H groups in total. The largest absolute Gasteiger partial charge is 0.394 e. The predicted octanol–water partition coefficient (Wildman–Crippen LogP) is -3.58. The lowest BCUT2D eigenvalue weighted by Gasteiger charge is -2.41. The maximum Gasteiger partial charge on any atom is 0.157 e. The summed E-state index contributed by atoms with van der Waals surface area (Å²) in [7, 11) is 0. The van der Waals surface area contributed by atoms with Crippen LogP contribution in [0.25, 0.3) is 0 Å². The molecule has 0 unspecified atom stereocenters. The topological polar surface area (TPSA) is 204 Å². The summed E-state index contributed by atoms with van der Waals surface area (Å²) in [6, 6.07) is 4.96. The van der Waals surface area contributed by atoms with Gasteiger partial charge in [-0.3, -0.25) is 0 Å². The van der Waals surface area contributed by atoms with Gasteiger partial charge in [-0.1, -0.05) is 6.07 Å². The van der Waals surface area contributed by atoms with E-state index in [-0.39, 0.29) is 0 Å². The third-order valence-corrected chi connectivity index (χ3v) is 5.63. The normalized spacial score (nSPS) is 41.1. The van der Waals surface area contributed by atoms with Crippen LogP contribution in [0.15, 0.2) is 18.2 Å². The fraction of sp³-hybridized carbons (Fsp3) is 0.684. The molecule has 0 aliphatic carbocycles. The van der Waals surface area contributed by atoms with Crippen molar-refractivity contribution in [3.63, 3.8) is 0 Å². The Hall–Kier alpha value is -1.58. The number of aliphatic hydroxyl groups excluding tert-OH is 8. The molecule has 12 nitrogen and oxygen atoms in total. The van der Waals surface area contributed by atoms with E-state index in [0.29, 0.717) is 11.4 Å². The summed E-state index contributed by atoms with van der Waals surface area (Å²) in [4.78, 5) is 0. The molecule has 31 heavy (non-hydrogen) atoms. The van der Waals surface area contributed by atoms with Gasteiger partial charge in [-0.25, -0.2) is 0 Å². The highest BCUT2D eigenvalue weighted by molar-refractivity contribution is 5.61. The van der Waals surface area contributed by atoms with Crippen LogP contribution in [0.1, 0.15) is 5.56 Å². The van der Waals surface area contributed by atoms with Crippen LogP contribution in [0.2, 0.25) is 0 Å². The van der Waals surface area contributed by atoms with Gasteiger partial charge >= 0.3 is 0 Å². The molecule has 1 aromatic rings. The van der Waals surface area contributed by atoms with Crippen molar-refractivity contribution in [2.75, 3.05) is 23.8 Å². The summed E-state index contributed by atoms with van der Waals surface area (Å²) in [5.41, 5.74) is 1.64. The lowest BCUT2D eigenvalue weighted by molar-refractivity contribution is -0.221. The minimum atomic E-state index is -1.53. The third kappa shape index (κ3) is 4.93. The molecule has 0 radical (unpaired) electrons. The van der Waals surface area contributed by atoms with E-state index in [9.17, 15) is 40.9 Å². The Morgan fingerprint density at radius 2 is 1.19 bits per heavy atom. The number of hydrogen-bond donors (Lipinski definition) is 10. The zero-order chi connectivity index (χ0) is 22.9. The molecule has 3 rings (SSSR count). The first-order chi connectivity index (χ1) is 14.7. The molecule has 2 aliphatic rings. The molecule has 0 bridgehead atoms. The number of anilines is 2. The number of ether oxygens (including phenoxy) is 2. The van der Waals surface area contributed by atoms with Gasteiger partial charge in [0, 0.05) is 11.4 Å². The van der Waals surface area contributed by atoms with Crippen LogP contribution in [-0.4, -0.2) is 115 Å². The van der Waals surface area contributed by atoms with Gasteiger partial charge in [0.1, 0.15) is 48.8 Å². The molecule has 0 aromatic heterocycles. The molecular weight excluding hydrogens is 416 g/mol. The van der Waals surface area contributed by atoms with E-state index in [1.807, 2.05) is 0 Å². The summed E-state index contributed by atoms with van der Waals surface area (Å²) in [5.74, 6) is 0. The number of hydrogen-bond acceptors (Lipinski definition) is 12. The van der Waals surface area contributed by atoms with Crippen molar-refractivity contribution >= 4 is 11.4 Å². The standard InChI is InChI=1S/C19H30N2O10/c1-7-2-3-8(20-18-16(28)14(26)12(24)10(5-22)30-18)4-9(7)21-19-17(29)15(27)13(25)11(6-23)31-19/h2-4,10-29H,5-6H2,1H3/t10-,11-,12+,13+,14+,15+,16+,17-,18-,19-/m1/s1. The molecule has 10 atom stereocenters. The van der Waals surface area contributed by atoms with Crippen LogP contribution >= 0.6 is 0 Å². The highest BCUT2D eigenvalue weighted by atomic mass is 16.6. The van der Waals surface area contributed by atoms with Gasteiger partial charge < -0.3 is 61.0 Å². The van der Waals surface area contributed by atoms with Crippen molar-refractivity contribution in [1.29, 1.82) is 0 Å². The van der Waals surface area contributed by atoms with Crippen molar-refractivity contribution in [3.8, 4) is 0 Å². The zero-order valence-corrected chi connectivity index (χ0v) is 16.8. The quantitative estimate of drug-likeness (QED) is 0.206. The molecule has 176 valence electrons. The highest BCUT2D eigenvalue weighted by Gasteiger charge is 2.44. The first-order valence-corrected chi connectivity index (χ1v) is 9.92. The van der Waals surface area contributed by atoms with Crippen molar-refractivity contribution in [2.45, 2.75) is 68.2 Å². The Balaban J connectivity index is 1.74. The van der Waals surface area contributed by atoms with Crippen LogP contribution in [-0.2, 0) is 9.47 Å². The summed E-state index contributed by atoms with van der Waals surface area (Å²) < 4.78 is 10.9. The number of benzene rings is 1. The second-order valence-corrected chi connectivity index (χ2v) is 7.82. The van der Waals surface area contributed by atoms with Gasteiger partial charge in [0.05, 0.1) is 13.2 Å². The van der Waals surface area contributed by atoms with Crippen LogP contribution < -0.4 is 10.6 Å². The Kier molecular flexibility index (Phi) is 7.70. The zero-order valence-electron chi connectivity index (χ0n) is 16.8. The lowest BCUT2D eigenvalue weighted by atomic mass is 9.98. The van der Waals surface area contributed by atoms with Gasteiger partial charge in [-0.05, 0) is 24.6 Å². The minimum absolute atomic E-state index is 0.432. The minimum Gasteiger partial charge on any atom is -0.394 e. The highest BCUT2D eigenvalue weighted by Crippen LogP contribution is 2.28. The van der Waals surface area contributed by atoms with E-state index in [2.05, 4.69) is 10.6 Å². The van der Waals surface area contributed by atoms with Crippen molar-refractivity contribution in [2.24, 2.45) is 0 Å². The van der Waals surface area contributed by atoms with Gasteiger partial charge in [-0.15, -0.1) is 0 Å². The van der Waals surface area contributed by atoms with Crippen molar-refractivity contribution in [1.82, 2.24) is 0 Å². The van der Waals surface area contributed by atoms with Gasteiger partial charge in [-0.2, -0.15) is 0 Å². The van der Waals surface area contributed by atoms with Crippen LogP contribution in [0.4, 0.5) is 11.4 Å². The molecule has 2 aliphatic heterocycles. The smallest absolute Gasteiger partial charge is 0.157 e. The average molecular weight is 446 g/mol. The SMILES string of the molecule is Cc1ccc(N[C@@H]2O[C@H](CO)[C@H](O)[C@H](O)[C@@H]2O)cc1N[C@@H]1O[C@H](CO)[C@H](O)[C@H](O)[C@H]1O. The second-order valence-electron chi connectivity index (χ2n) is 7.82. The molecule has 0 spiro atoms. The Morgan fingerprint density at radius 3 is 1.68 bits per heavy atom. The number of aryl methyl sites for hydroxylation is 1. The van der Waals surface area contributed by atoms with E-state index < -0.39 is 74.5 Å². The second kappa shape index (κ2) is 9.92. The first-order valence-electron chi connectivity index (χ1n) is 9.92. The molecule has 0 amide bonds. The molecule has 2 heterocycles. The molecular formula is C19H30N2O10. The molecule has 12 heteroatoms. The van der Waals surface area contributed by atoms with Crippen LogP contribution in [0.3, 0.4) is 0 Å². The maximum absolute atomic E-state index is 10.2. The monoisotopic (exact) mass is 446 g/mol. The van der Waals surface area contributed by atoms with Crippen LogP contribution in [0.5, 0.6) is 0 Å². The predicted molar refractivity (Wildman–Crippen MR) is 106 cm³/mol. The van der Waals surface area contributed by atoms with Crippen molar-refractivity contribution < 1.29 is 50.3 Å². The van der Waals surface area contributed by atoms with Gasteiger partial charge in [0.15, 0.2) is 12.5 Å². The van der Waals surface area contributed by atoms with E-state index in [4.69, 9.17) is 9.47 Å². The fourth-order valence-corrected chi connectivity index (χ4v) is 3.63. The van der Waals surface area contributed by atoms with Gasteiger partial charge in [0.25, 0.3) is 0 Å². The third-order valence-electron chi connectivity index (χ3n) is 5.63. The number of aliphatic hydroxyl groups is 8. The first kappa shape index (κ1) is 24.1. The molecule has 2 saturated heterocycles. The summed E-state index contributed by atoms with van der Waals surface area (Å²) >= 11 is 0. The molecule has 0 saturated carbocycles. The Morgan fingerprint density at radius 1 is 0.710 bits per heavy atom. The molecule has 2 fully saturated rings. The Labute approximate surface area is 178 Å². The maximum atomic E-state index is 10.2.